The van der Waals surface area contributed by atoms with Gasteiger partial charge in [-0.05, 0) is 43.3 Å². The molecule has 0 fully saturated rings. The van der Waals surface area contributed by atoms with Crippen LogP contribution in [0.1, 0.15) is 11.4 Å². The van der Waals surface area contributed by atoms with Crippen LogP contribution in [0.3, 0.4) is 0 Å². The fourth-order valence-corrected chi connectivity index (χ4v) is 2.84. The number of anilines is 1. The third-order valence-electron chi connectivity index (χ3n) is 3.94. The van der Waals surface area contributed by atoms with Gasteiger partial charge in [0.1, 0.15) is 5.82 Å². The highest BCUT2D eigenvalue weighted by Crippen LogP contribution is 2.18. The lowest BCUT2D eigenvalue weighted by Crippen LogP contribution is -2.15. The number of H-pyrrole nitrogens is 1. The number of halogens is 1. The molecule has 2 N–H and O–H groups in total. The Bertz CT molecular complexity index is 1120. The summed E-state index contributed by atoms with van der Waals surface area (Å²) in [5.74, 6) is 0.812. The summed E-state index contributed by atoms with van der Waals surface area (Å²) in [7, 11) is 0. The summed E-state index contributed by atoms with van der Waals surface area (Å²) < 4.78 is 1.90. The molecule has 0 bridgehead atoms. The molecule has 0 amide bonds. The molecular formula is C17H14ClN5O. The molecule has 1 aromatic carbocycles. The molecule has 0 saturated carbocycles. The maximum Gasteiger partial charge on any atom is 0.253 e. The number of hydrogen-bond acceptors (Lipinski definition) is 4. The number of hydrogen-bond donors (Lipinski definition) is 2. The van der Waals surface area contributed by atoms with E-state index in [1.807, 2.05) is 41.8 Å². The van der Waals surface area contributed by atoms with Gasteiger partial charge in [-0.1, -0.05) is 11.6 Å². The predicted molar refractivity (Wildman–Crippen MR) is 94.6 cm³/mol. The molecule has 0 spiro atoms. The molecule has 120 valence electrons. The first-order valence-electron chi connectivity index (χ1n) is 7.47. The van der Waals surface area contributed by atoms with E-state index in [2.05, 4.69) is 20.5 Å². The van der Waals surface area contributed by atoms with Crippen LogP contribution in [0.5, 0.6) is 0 Å². The van der Waals surface area contributed by atoms with Crippen LogP contribution in [0, 0.1) is 6.92 Å². The minimum absolute atomic E-state index is 0.112. The van der Waals surface area contributed by atoms with Gasteiger partial charge in [-0.25, -0.2) is 0 Å². The van der Waals surface area contributed by atoms with E-state index in [0.717, 1.165) is 28.1 Å². The number of aromatic amines is 1. The van der Waals surface area contributed by atoms with E-state index in [4.69, 9.17) is 11.6 Å². The van der Waals surface area contributed by atoms with Gasteiger partial charge in [0.15, 0.2) is 5.65 Å². The summed E-state index contributed by atoms with van der Waals surface area (Å²) in [6, 6.07) is 11.0. The first kappa shape index (κ1) is 14.7. The summed E-state index contributed by atoms with van der Waals surface area (Å²) in [6.07, 6.45) is 1.91. The van der Waals surface area contributed by atoms with E-state index in [0.29, 0.717) is 17.1 Å². The third-order valence-corrected chi connectivity index (χ3v) is 4.17. The Morgan fingerprint density at radius 2 is 2.08 bits per heavy atom. The number of benzene rings is 1. The Kier molecular flexibility index (Phi) is 3.46. The van der Waals surface area contributed by atoms with Gasteiger partial charge in [0.25, 0.3) is 5.56 Å². The first-order valence-corrected chi connectivity index (χ1v) is 7.85. The number of aryl methyl sites for hydroxylation is 1. The molecule has 4 aromatic rings. The zero-order valence-corrected chi connectivity index (χ0v) is 13.6. The van der Waals surface area contributed by atoms with Crippen molar-refractivity contribution in [2.75, 3.05) is 5.32 Å². The van der Waals surface area contributed by atoms with Gasteiger partial charge in [0.2, 0.25) is 0 Å². The fourth-order valence-electron chi connectivity index (χ4n) is 2.66. The molecule has 0 aliphatic heterocycles. The highest BCUT2D eigenvalue weighted by molar-refractivity contribution is 6.31. The van der Waals surface area contributed by atoms with Gasteiger partial charge in [-0.2, -0.15) is 0 Å². The van der Waals surface area contributed by atoms with Crippen molar-refractivity contribution < 1.29 is 0 Å². The van der Waals surface area contributed by atoms with Crippen molar-refractivity contribution in [2.45, 2.75) is 13.5 Å². The Labute approximate surface area is 142 Å². The van der Waals surface area contributed by atoms with Crippen molar-refractivity contribution in [3.05, 3.63) is 69.4 Å². The smallest absolute Gasteiger partial charge is 0.253 e. The minimum atomic E-state index is -0.112. The Balaban J connectivity index is 1.64. The van der Waals surface area contributed by atoms with Crippen LogP contribution in [0.4, 0.5) is 5.69 Å². The quantitative estimate of drug-likeness (QED) is 0.601. The third kappa shape index (κ3) is 2.61. The van der Waals surface area contributed by atoms with Crippen LogP contribution >= 0.6 is 11.6 Å². The van der Waals surface area contributed by atoms with Crippen molar-refractivity contribution in [2.24, 2.45) is 0 Å². The van der Waals surface area contributed by atoms with Crippen molar-refractivity contribution in [1.29, 1.82) is 0 Å². The average molecular weight is 340 g/mol. The van der Waals surface area contributed by atoms with Crippen molar-refractivity contribution in [1.82, 2.24) is 19.6 Å². The van der Waals surface area contributed by atoms with Gasteiger partial charge in [0, 0.05) is 34.2 Å². The molecule has 0 aliphatic carbocycles. The lowest BCUT2D eigenvalue weighted by atomic mass is 10.1. The Morgan fingerprint density at radius 3 is 2.96 bits per heavy atom. The zero-order chi connectivity index (χ0) is 16.7. The van der Waals surface area contributed by atoms with E-state index in [9.17, 15) is 4.79 Å². The van der Waals surface area contributed by atoms with E-state index < -0.39 is 0 Å². The molecule has 0 saturated heterocycles. The van der Waals surface area contributed by atoms with Crippen LogP contribution in [0.15, 0.2) is 47.4 Å². The molecule has 0 unspecified atom stereocenters. The molecule has 4 rings (SSSR count). The number of nitrogens with one attached hydrogen (secondary N) is 2. The molecule has 0 radical (unpaired) electrons. The van der Waals surface area contributed by atoms with Crippen molar-refractivity contribution >= 4 is 33.8 Å². The molecule has 3 aromatic heterocycles. The second-order valence-electron chi connectivity index (χ2n) is 5.60. The molecule has 0 atom stereocenters. The minimum Gasteiger partial charge on any atom is -0.380 e. The van der Waals surface area contributed by atoms with Gasteiger partial charge >= 0.3 is 0 Å². The number of nitrogens with zero attached hydrogens (tertiary/aromatic N) is 3. The van der Waals surface area contributed by atoms with Crippen LogP contribution < -0.4 is 10.9 Å². The maximum absolute atomic E-state index is 12.2. The average Bonchev–Trinajstić information content (AvgIpc) is 2.94. The molecule has 3 heterocycles. The number of aromatic nitrogens is 4. The van der Waals surface area contributed by atoms with Crippen LogP contribution in [-0.4, -0.2) is 19.6 Å². The second kappa shape index (κ2) is 5.65. The predicted octanol–water partition coefficient (Wildman–Crippen LogP) is 3.14. The van der Waals surface area contributed by atoms with Gasteiger partial charge in [-0.15, -0.1) is 10.2 Å². The number of fused-ring (bicyclic) bond motifs is 2. The SMILES string of the molecule is Cc1nnc2ccc(NCc3cc4cc(Cl)ccc4[nH]c3=O)cn12. The lowest BCUT2D eigenvalue weighted by Gasteiger charge is -2.08. The standard InChI is InChI=1S/C17H14ClN5O/c1-10-21-22-16-5-3-14(9-23(10)16)19-8-12-6-11-7-13(18)2-4-15(11)20-17(12)24/h2-7,9,19H,8H2,1H3,(H,20,24). The van der Waals surface area contributed by atoms with E-state index in [-0.39, 0.29) is 5.56 Å². The molecule has 0 aliphatic rings. The first-order chi connectivity index (χ1) is 11.6. The molecule has 6 nitrogen and oxygen atoms in total. The van der Waals surface area contributed by atoms with Crippen LogP contribution in [0.25, 0.3) is 16.6 Å². The summed E-state index contributed by atoms with van der Waals surface area (Å²) in [5.41, 5.74) is 2.98. The molecule has 24 heavy (non-hydrogen) atoms. The number of rotatable bonds is 3. The van der Waals surface area contributed by atoms with Crippen LogP contribution in [0.2, 0.25) is 5.02 Å². The van der Waals surface area contributed by atoms with Gasteiger partial charge < -0.3 is 10.3 Å². The highest BCUT2D eigenvalue weighted by Gasteiger charge is 2.05. The van der Waals surface area contributed by atoms with Crippen molar-refractivity contribution in [3.63, 3.8) is 0 Å². The Hall–Kier alpha value is -2.86. The summed E-state index contributed by atoms with van der Waals surface area (Å²) in [6.45, 7) is 2.30. The molecular weight excluding hydrogens is 326 g/mol. The van der Waals surface area contributed by atoms with E-state index in [1.165, 1.54) is 0 Å². The summed E-state index contributed by atoms with van der Waals surface area (Å²) in [4.78, 5) is 15.1. The fraction of sp³-hybridized carbons (Fsp3) is 0.118. The number of pyridine rings is 2. The van der Waals surface area contributed by atoms with Crippen molar-refractivity contribution in [3.8, 4) is 0 Å². The summed E-state index contributed by atoms with van der Waals surface area (Å²) >= 11 is 6.02. The van der Waals surface area contributed by atoms with E-state index in [1.54, 1.807) is 12.1 Å². The van der Waals surface area contributed by atoms with Gasteiger partial charge in [0.05, 0.1) is 5.69 Å². The second-order valence-corrected chi connectivity index (χ2v) is 6.04. The topological polar surface area (TPSA) is 75.1 Å². The largest absolute Gasteiger partial charge is 0.380 e. The summed E-state index contributed by atoms with van der Waals surface area (Å²) in [5, 5.41) is 12.9. The zero-order valence-electron chi connectivity index (χ0n) is 12.9. The normalized spacial score (nSPS) is 11.2. The Morgan fingerprint density at radius 1 is 1.21 bits per heavy atom. The van der Waals surface area contributed by atoms with Gasteiger partial charge in [-0.3, -0.25) is 9.20 Å². The van der Waals surface area contributed by atoms with Crippen LogP contribution in [-0.2, 0) is 6.54 Å². The maximum atomic E-state index is 12.2. The monoisotopic (exact) mass is 339 g/mol. The highest BCUT2D eigenvalue weighted by atomic mass is 35.5. The van der Waals surface area contributed by atoms with E-state index >= 15 is 0 Å². The molecule has 7 heteroatoms. The lowest BCUT2D eigenvalue weighted by molar-refractivity contribution is 1.00.